The molecular weight excluding hydrogens is 544 g/mol. The summed E-state index contributed by atoms with van der Waals surface area (Å²) in [7, 11) is 3.11. The first-order valence-electron chi connectivity index (χ1n) is 11.3. The van der Waals surface area contributed by atoms with Crippen molar-refractivity contribution in [1.82, 2.24) is 20.0 Å². The topological polar surface area (TPSA) is 115 Å². The van der Waals surface area contributed by atoms with E-state index in [0.29, 0.717) is 21.2 Å². The van der Waals surface area contributed by atoms with Crippen molar-refractivity contribution in [1.29, 1.82) is 5.26 Å². The van der Waals surface area contributed by atoms with Crippen molar-refractivity contribution in [2.24, 2.45) is 5.92 Å². The minimum atomic E-state index is -0.966. The average Bonchev–Trinajstić information content (AvgIpc) is 3.31. The van der Waals surface area contributed by atoms with Crippen LogP contribution in [-0.4, -0.2) is 68.7 Å². The molecule has 3 aromatic rings. The first-order valence-corrected chi connectivity index (χ1v) is 12.9. The van der Waals surface area contributed by atoms with Crippen LogP contribution in [0.2, 0.25) is 10.0 Å². The standard InChI is InChI=1S/C24H22Cl2FN5O4S/c1-11(33)22-24(35-3)19(20(34-2)23(36-22)37-18-7-13(25)9-29-16(18)8-28)21(24)32-10-17(30-31-32)12-4-5-14(26)15(27)6-12/h4-7,9-11,19-23,33H,1-3H3/t11?,19?,20?,21?,22?,23-,24?/m1/s1. The van der Waals surface area contributed by atoms with E-state index >= 15 is 0 Å². The minimum Gasteiger partial charge on any atom is -0.391 e. The third-order valence-electron chi connectivity index (χ3n) is 6.80. The highest BCUT2D eigenvalue weighted by molar-refractivity contribution is 7.99. The summed E-state index contributed by atoms with van der Waals surface area (Å²) < 4.78 is 33.9. The fourth-order valence-electron chi connectivity index (χ4n) is 5.19. The van der Waals surface area contributed by atoms with E-state index in [4.69, 9.17) is 37.4 Å². The van der Waals surface area contributed by atoms with Gasteiger partial charge in [-0.15, -0.1) is 5.10 Å². The highest BCUT2D eigenvalue weighted by Gasteiger charge is 2.79. The molecule has 0 bridgehead atoms. The Bertz CT molecular complexity index is 1370. The third kappa shape index (κ3) is 4.40. The number of nitrogens with zero attached hydrogens (tertiary/aromatic N) is 5. The number of methoxy groups -OCH3 is 2. The van der Waals surface area contributed by atoms with Gasteiger partial charge in [-0.3, -0.25) is 0 Å². The van der Waals surface area contributed by atoms with E-state index in [1.165, 1.54) is 30.1 Å². The van der Waals surface area contributed by atoms with Crippen LogP contribution in [0.1, 0.15) is 18.7 Å². The molecule has 1 aliphatic carbocycles. The molecule has 3 heterocycles. The lowest BCUT2D eigenvalue weighted by molar-refractivity contribution is -0.191. The Labute approximate surface area is 226 Å². The van der Waals surface area contributed by atoms with Gasteiger partial charge in [0.2, 0.25) is 0 Å². The molecule has 9 nitrogen and oxygen atoms in total. The molecule has 0 amide bonds. The Hall–Kier alpha value is -2.30. The van der Waals surface area contributed by atoms with Crippen LogP contribution in [0.3, 0.4) is 0 Å². The van der Waals surface area contributed by atoms with E-state index in [0.717, 1.165) is 0 Å². The fraction of sp³-hybridized carbons (Fsp3) is 0.417. The van der Waals surface area contributed by atoms with Crippen molar-refractivity contribution >= 4 is 35.0 Å². The molecule has 13 heteroatoms. The molecule has 1 saturated heterocycles. The number of ether oxygens (including phenoxy) is 3. The van der Waals surface area contributed by atoms with E-state index < -0.39 is 41.2 Å². The van der Waals surface area contributed by atoms with Gasteiger partial charge in [-0.05, 0) is 25.1 Å². The predicted molar refractivity (Wildman–Crippen MR) is 134 cm³/mol. The minimum absolute atomic E-state index is 0.0144. The van der Waals surface area contributed by atoms with Gasteiger partial charge in [0, 0.05) is 36.8 Å². The highest BCUT2D eigenvalue weighted by atomic mass is 35.5. The van der Waals surface area contributed by atoms with E-state index in [-0.39, 0.29) is 16.6 Å². The number of pyridine rings is 1. The number of hydrogen-bond acceptors (Lipinski definition) is 9. The van der Waals surface area contributed by atoms with E-state index in [1.807, 2.05) is 0 Å². The zero-order chi connectivity index (χ0) is 26.5. The van der Waals surface area contributed by atoms with Crippen LogP contribution in [-0.2, 0) is 14.2 Å². The van der Waals surface area contributed by atoms with Gasteiger partial charge in [0.15, 0.2) is 5.69 Å². The Kier molecular flexibility index (Phi) is 7.19. The molecule has 0 radical (unpaired) electrons. The van der Waals surface area contributed by atoms with Crippen LogP contribution in [0.5, 0.6) is 0 Å². The Balaban J connectivity index is 1.50. The van der Waals surface area contributed by atoms with E-state index in [1.54, 1.807) is 44.2 Å². The van der Waals surface area contributed by atoms with Crippen molar-refractivity contribution in [2.45, 2.75) is 47.2 Å². The second-order valence-electron chi connectivity index (χ2n) is 8.84. The van der Waals surface area contributed by atoms with Crippen molar-refractivity contribution in [3.8, 4) is 17.3 Å². The fourth-order valence-corrected chi connectivity index (χ4v) is 6.78. The van der Waals surface area contributed by atoms with Gasteiger partial charge in [0.25, 0.3) is 0 Å². The summed E-state index contributed by atoms with van der Waals surface area (Å²) in [4.78, 5) is 4.62. The Morgan fingerprint density at radius 3 is 2.76 bits per heavy atom. The molecule has 1 aromatic carbocycles. The maximum atomic E-state index is 14.0. The largest absolute Gasteiger partial charge is 0.391 e. The van der Waals surface area contributed by atoms with E-state index in [2.05, 4.69) is 21.4 Å². The molecule has 1 saturated carbocycles. The van der Waals surface area contributed by atoms with Crippen LogP contribution in [0.25, 0.3) is 11.3 Å². The van der Waals surface area contributed by atoms with Gasteiger partial charge in [0.05, 0.1) is 28.4 Å². The summed E-state index contributed by atoms with van der Waals surface area (Å²) in [6, 6.07) is 7.71. The molecule has 1 N–H and O–H groups in total. The quantitative estimate of drug-likeness (QED) is 0.451. The summed E-state index contributed by atoms with van der Waals surface area (Å²) in [5.41, 5.74) is -0.423. The van der Waals surface area contributed by atoms with Crippen LogP contribution in [0, 0.1) is 23.1 Å². The lowest BCUT2D eigenvalue weighted by Crippen LogP contribution is -2.53. The van der Waals surface area contributed by atoms with Crippen LogP contribution >= 0.6 is 35.0 Å². The van der Waals surface area contributed by atoms with Crippen molar-refractivity contribution in [3.05, 3.63) is 58.2 Å². The number of benzene rings is 1. The number of aliphatic hydroxyl groups is 1. The zero-order valence-electron chi connectivity index (χ0n) is 19.9. The molecule has 5 rings (SSSR count). The van der Waals surface area contributed by atoms with Gasteiger partial charge >= 0.3 is 0 Å². The Morgan fingerprint density at radius 2 is 2.11 bits per heavy atom. The van der Waals surface area contributed by atoms with Gasteiger partial charge in [-0.1, -0.05) is 46.2 Å². The van der Waals surface area contributed by atoms with Gasteiger partial charge in [-0.25, -0.2) is 14.1 Å². The molecule has 0 spiro atoms. The van der Waals surface area contributed by atoms with E-state index in [9.17, 15) is 14.8 Å². The molecule has 6 unspecified atom stereocenters. The number of fused-ring (bicyclic) bond motifs is 1. The van der Waals surface area contributed by atoms with Crippen molar-refractivity contribution in [3.63, 3.8) is 0 Å². The van der Waals surface area contributed by atoms with Gasteiger partial charge in [0.1, 0.15) is 40.8 Å². The normalized spacial score (nSPS) is 29.4. The molecule has 194 valence electrons. The highest BCUT2D eigenvalue weighted by Crippen LogP contribution is 2.66. The number of hydrogen-bond donors (Lipinski definition) is 1. The van der Waals surface area contributed by atoms with Gasteiger partial charge < -0.3 is 19.3 Å². The predicted octanol–water partition coefficient (Wildman–Crippen LogP) is 4.13. The number of rotatable bonds is 7. The monoisotopic (exact) mass is 565 g/mol. The smallest absolute Gasteiger partial charge is 0.154 e. The lowest BCUT2D eigenvalue weighted by Gasteiger charge is -2.40. The van der Waals surface area contributed by atoms with Crippen LogP contribution in [0.15, 0.2) is 41.6 Å². The second kappa shape index (κ2) is 10.1. The molecule has 37 heavy (non-hydrogen) atoms. The number of aromatic nitrogens is 4. The number of aliphatic hydroxyl groups excluding tert-OH is 1. The molecular formula is C24H22Cl2FN5O4S. The van der Waals surface area contributed by atoms with Crippen molar-refractivity contribution < 1.29 is 23.7 Å². The maximum absolute atomic E-state index is 14.0. The first-order chi connectivity index (χ1) is 17.7. The number of halogens is 3. The first kappa shape index (κ1) is 26.3. The van der Waals surface area contributed by atoms with Crippen LogP contribution < -0.4 is 0 Å². The molecule has 7 atom stereocenters. The number of thioether (sulfide) groups is 1. The molecule has 2 aliphatic rings. The average molecular weight is 566 g/mol. The molecule has 2 aromatic heterocycles. The summed E-state index contributed by atoms with van der Waals surface area (Å²) in [6.07, 6.45) is 0.912. The summed E-state index contributed by atoms with van der Waals surface area (Å²) in [6.45, 7) is 1.62. The van der Waals surface area contributed by atoms with Gasteiger partial charge in [-0.2, -0.15) is 5.26 Å². The van der Waals surface area contributed by atoms with Crippen molar-refractivity contribution in [2.75, 3.05) is 14.2 Å². The zero-order valence-corrected chi connectivity index (χ0v) is 22.2. The van der Waals surface area contributed by atoms with Crippen LogP contribution in [0.4, 0.5) is 4.39 Å². The number of nitriles is 1. The molecule has 2 fully saturated rings. The summed E-state index contributed by atoms with van der Waals surface area (Å²) in [5, 5.41) is 29.1. The third-order valence-corrected chi connectivity index (χ3v) is 8.49. The summed E-state index contributed by atoms with van der Waals surface area (Å²) >= 11 is 13.2. The SMILES string of the molecule is COC1C2C(n3cc(-c4ccc(Cl)c(F)c4)nn3)C2(OC)C(C(C)O)O[C@@H]1Sc1cc(Cl)cnc1C#N. The Morgan fingerprint density at radius 1 is 1.32 bits per heavy atom. The summed E-state index contributed by atoms with van der Waals surface area (Å²) in [5.74, 6) is -0.848. The second-order valence-corrected chi connectivity index (χ2v) is 10.8. The maximum Gasteiger partial charge on any atom is 0.154 e. The molecule has 1 aliphatic heterocycles. The lowest BCUT2D eigenvalue weighted by atomic mass is 9.99.